The molecule has 62 valence electrons. The summed E-state index contributed by atoms with van der Waals surface area (Å²) in [6, 6.07) is -0.145. The number of rotatable bonds is 2. The van der Waals surface area contributed by atoms with E-state index in [0.717, 1.165) is 0 Å². The summed E-state index contributed by atoms with van der Waals surface area (Å²) < 4.78 is 4.79. The summed E-state index contributed by atoms with van der Waals surface area (Å²) in [5.41, 5.74) is 6.44. The third-order valence-electron chi connectivity index (χ3n) is 1.75. The van der Waals surface area contributed by atoms with Crippen molar-refractivity contribution in [2.24, 2.45) is 11.7 Å². The lowest BCUT2D eigenvalue weighted by atomic mass is 9.99. The maximum Gasteiger partial charge on any atom is 0.158 e. The highest BCUT2D eigenvalue weighted by atomic mass is 16.3. The van der Waals surface area contributed by atoms with Gasteiger partial charge in [0.15, 0.2) is 5.75 Å². The fourth-order valence-corrected chi connectivity index (χ4v) is 0.909. The quantitative estimate of drug-likeness (QED) is 0.682. The van der Waals surface area contributed by atoms with E-state index >= 15 is 0 Å². The molecule has 11 heavy (non-hydrogen) atoms. The normalized spacial score (nSPS) is 13.8. The van der Waals surface area contributed by atoms with Crippen LogP contribution in [0.5, 0.6) is 5.75 Å². The van der Waals surface area contributed by atoms with Gasteiger partial charge in [-0.05, 0) is 5.92 Å². The first kappa shape index (κ1) is 8.14. The maximum atomic E-state index is 9.20. The van der Waals surface area contributed by atoms with Gasteiger partial charge in [-0.1, -0.05) is 13.8 Å². The molecule has 1 aromatic rings. The highest BCUT2D eigenvalue weighted by Gasteiger charge is 2.15. The molecule has 0 radical (unpaired) electrons. The van der Waals surface area contributed by atoms with Gasteiger partial charge in [-0.25, -0.2) is 0 Å². The zero-order chi connectivity index (χ0) is 8.43. The second kappa shape index (κ2) is 2.96. The number of aromatic hydroxyl groups is 1. The number of nitrogens with two attached hydrogens (primary N) is 1. The Bertz CT molecular complexity index is 230. The lowest BCUT2D eigenvalue weighted by Gasteiger charge is -2.13. The number of hydrogen-bond donors (Lipinski definition) is 2. The molecule has 0 fully saturated rings. The monoisotopic (exact) mass is 155 g/mol. The van der Waals surface area contributed by atoms with E-state index in [-0.39, 0.29) is 11.8 Å². The van der Waals surface area contributed by atoms with Gasteiger partial charge in [-0.15, -0.1) is 0 Å². The van der Waals surface area contributed by atoms with Crippen molar-refractivity contribution in [3.63, 3.8) is 0 Å². The lowest BCUT2D eigenvalue weighted by molar-refractivity contribution is 0.439. The first-order valence-electron chi connectivity index (χ1n) is 3.63. The van der Waals surface area contributed by atoms with Gasteiger partial charge in [0.05, 0.1) is 6.26 Å². The van der Waals surface area contributed by atoms with Crippen LogP contribution in [0.4, 0.5) is 0 Å². The molecule has 1 rings (SSSR count). The van der Waals surface area contributed by atoms with Crippen LogP contribution in [0.3, 0.4) is 0 Å². The second-order valence-corrected chi connectivity index (χ2v) is 2.98. The van der Waals surface area contributed by atoms with Gasteiger partial charge in [0.2, 0.25) is 0 Å². The summed E-state index contributed by atoms with van der Waals surface area (Å²) >= 11 is 0. The Hall–Kier alpha value is -0.960. The van der Waals surface area contributed by atoms with Crippen LogP contribution >= 0.6 is 0 Å². The van der Waals surface area contributed by atoms with Crippen LogP contribution in [0.15, 0.2) is 16.9 Å². The topological polar surface area (TPSA) is 59.4 Å². The third kappa shape index (κ3) is 1.54. The molecule has 0 amide bonds. The van der Waals surface area contributed by atoms with E-state index < -0.39 is 0 Å². The summed E-state index contributed by atoms with van der Waals surface area (Å²) in [7, 11) is 0. The van der Waals surface area contributed by atoms with Gasteiger partial charge in [0.1, 0.15) is 6.26 Å². The van der Waals surface area contributed by atoms with Gasteiger partial charge in [0, 0.05) is 11.6 Å². The Morgan fingerprint density at radius 1 is 1.45 bits per heavy atom. The van der Waals surface area contributed by atoms with Gasteiger partial charge < -0.3 is 15.3 Å². The van der Waals surface area contributed by atoms with Crippen LogP contribution in [0.1, 0.15) is 25.5 Å². The van der Waals surface area contributed by atoms with Gasteiger partial charge in [-0.3, -0.25) is 0 Å². The molecular formula is C8H13NO2. The number of furan rings is 1. The van der Waals surface area contributed by atoms with E-state index in [9.17, 15) is 5.11 Å². The predicted molar refractivity (Wildman–Crippen MR) is 42.1 cm³/mol. The summed E-state index contributed by atoms with van der Waals surface area (Å²) in [6.45, 7) is 3.99. The molecule has 0 aliphatic rings. The van der Waals surface area contributed by atoms with Gasteiger partial charge in [-0.2, -0.15) is 0 Å². The minimum atomic E-state index is -0.145. The van der Waals surface area contributed by atoms with Crippen LogP contribution in [0.25, 0.3) is 0 Å². The highest BCUT2D eigenvalue weighted by Crippen LogP contribution is 2.27. The van der Waals surface area contributed by atoms with Crippen LogP contribution in [0, 0.1) is 5.92 Å². The fourth-order valence-electron chi connectivity index (χ4n) is 0.909. The minimum Gasteiger partial charge on any atom is -0.504 e. The van der Waals surface area contributed by atoms with Crippen LogP contribution in [0.2, 0.25) is 0 Å². The molecule has 0 aromatic carbocycles. The lowest BCUT2D eigenvalue weighted by Crippen LogP contribution is -2.15. The van der Waals surface area contributed by atoms with Crippen LogP contribution < -0.4 is 5.73 Å². The van der Waals surface area contributed by atoms with Gasteiger partial charge in [0.25, 0.3) is 0 Å². The summed E-state index contributed by atoms with van der Waals surface area (Å²) in [4.78, 5) is 0. The van der Waals surface area contributed by atoms with Crippen LogP contribution in [-0.2, 0) is 0 Å². The van der Waals surface area contributed by atoms with Crippen molar-refractivity contribution in [2.45, 2.75) is 19.9 Å². The van der Waals surface area contributed by atoms with Crippen molar-refractivity contribution in [1.29, 1.82) is 0 Å². The Morgan fingerprint density at radius 2 is 2.09 bits per heavy atom. The van der Waals surface area contributed by atoms with Crippen molar-refractivity contribution in [3.8, 4) is 5.75 Å². The molecule has 3 nitrogen and oxygen atoms in total. The molecule has 1 unspecified atom stereocenters. The minimum absolute atomic E-state index is 0.145. The fraction of sp³-hybridized carbons (Fsp3) is 0.500. The summed E-state index contributed by atoms with van der Waals surface area (Å²) in [6.07, 6.45) is 2.78. The molecule has 3 heteroatoms. The maximum absolute atomic E-state index is 9.20. The average molecular weight is 155 g/mol. The van der Waals surface area contributed by atoms with Crippen molar-refractivity contribution in [1.82, 2.24) is 0 Å². The molecular weight excluding hydrogens is 142 g/mol. The summed E-state index contributed by atoms with van der Waals surface area (Å²) in [5, 5.41) is 9.20. The van der Waals surface area contributed by atoms with Crippen LogP contribution in [-0.4, -0.2) is 5.11 Å². The third-order valence-corrected chi connectivity index (χ3v) is 1.75. The Balaban J connectivity index is 2.84. The average Bonchev–Trinajstić information content (AvgIpc) is 2.33. The first-order valence-corrected chi connectivity index (χ1v) is 3.63. The zero-order valence-electron chi connectivity index (χ0n) is 6.74. The predicted octanol–water partition coefficient (Wildman–Crippen LogP) is 1.64. The molecule has 0 aliphatic carbocycles. The standard InChI is InChI=1S/C8H13NO2/c1-5(2)8(9)6-3-11-4-7(6)10/h3-5,8,10H,9H2,1-2H3. The van der Waals surface area contributed by atoms with E-state index in [1.54, 1.807) is 0 Å². The van der Waals surface area contributed by atoms with Crippen molar-refractivity contribution in [2.75, 3.05) is 0 Å². The van der Waals surface area contributed by atoms with Crippen molar-refractivity contribution >= 4 is 0 Å². The Morgan fingerprint density at radius 3 is 2.45 bits per heavy atom. The first-order chi connectivity index (χ1) is 5.13. The molecule has 0 bridgehead atoms. The highest BCUT2D eigenvalue weighted by molar-refractivity contribution is 5.29. The molecule has 1 aromatic heterocycles. The van der Waals surface area contributed by atoms with E-state index in [4.69, 9.17) is 10.2 Å². The number of hydrogen-bond acceptors (Lipinski definition) is 3. The summed E-state index contributed by atoms with van der Waals surface area (Å²) in [5.74, 6) is 0.449. The molecule has 1 heterocycles. The second-order valence-electron chi connectivity index (χ2n) is 2.98. The molecule has 0 saturated carbocycles. The molecule has 0 saturated heterocycles. The molecule has 3 N–H and O–H groups in total. The van der Waals surface area contributed by atoms with E-state index in [1.807, 2.05) is 13.8 Å². The SMILES string of the molecule is CC(C)C(N)c1cocc1O. The van der Waals surface area contributed by atoms with Crippen molar-refractivity contribution < 1.29 is 9.52 Å². The smallest absolute Gasteiger partial charge is 0.158 e. The molecule has 0 aliphatic heterocycles. The van der Waals surface area contributed by atoms with E-state index in [0.29, 0.717) is 11.5 Å². The Kier molecular flexibility index (Phi) is 2.19. The van der Waals surface area contributed by atoms with Gasteiger partial charge >= 0.3 is 0 Å². The molecule has 0 spiro atoms. The van der Waals surface area contributed by atoms with Crippen molar-refractivity contribution in [3.05, 3.63) is 18.1 Å². The molecule has 1 atom stereocenters. The van der Waals surface area contributed by atoms with E-state index in [2.05, 4.69) is 0 Å². The zero-order valence-corrected chi connectivity index (χ0v) is 6.74. The van der Waals surface area contributed by atoms with E-state index in [1.165, 1.54) is 12.5 Å². The Labute approximate surface area is 65.8 Å². The largest absolute Gasteiger partial charge is 0.504 e.